The van der Waals surface area contributed by atoms with Gasteiger partial charge in [0.2, 0.25) is 0 Å². The van der Waals surface area contributed by atoms with E-state index in [0.29, 0.717) is 11.6 Å². The molecule has 2 fully saturated rings. The molecule has 0 bridgehead atoms. The van der Waals surface area contributed by atoms with Crippen molar-refractivity contribution in [3.05, 3.63) is 28.5 Å². The first kappa shape index (κ1) is 13.1. The summed E-state index contributed by atoms with van der Waals surface area (Å²) in [5.74, 6) is 0.116. The van der Waals surface area contributed by atoms with Gasteiger partial charge >= 0.3 is 0 Å². The molecule has 2 aliphatic rings. The van der Waals surface area contributed by atoms with Crippen LogP contribution in [0.2, 0.25) is 0 Å². The Hall–Kier alpha value is -0.940. The smallest absolute Gasteiger partial charge is 0.255 e. The summed E-state index contributed by atoms with van der Waals surface area (Å²) in [4.78, 5) is 21.1. The third kappa shape index (κ3) is 2.82. The van der Waals surface area contributed by atoms with Crippen molar-refractivity contribution in [1.29, 1.82) is 0 Å². The van der Waals surface area contributed by atoms with Gasteiger partial charge in [-0.1, -0.05) is 6.42 Å². The summed E-state index contributed by atoms with van der Waals surface area (Å²) in [6, 6.07) is 4.23. The van der Waals surface area contributed by atoms with Crippen LogP contribution in [0.15, 0.2) is 22.9 Å². The van der Waals surface area contributed by atoms with Gasteiger partial charge in [-0.15, -0.1) is 0 Å². The minimum absolute atomic E-state index is 0.116. The van der Waals surface area contributed by atoms with E-state index < -0.39 is 0 Å². The van der Waals surface area contributed by atoms with E-state index in [0.717, 1.165) is 24.2 Å². The highest BCUT2D eigenvalue weighted by Gasteiger charge is 2.31. The topological polar surface area (TPSA) is 36.4 Å². The van der Waals surface area contributed by atoms with Gasteiger partial charge in [0, 0.05) is 31.9 Å². The summed E-state index contributed by atoms with van der Waals surface area (Å²) in [6.07, 6.45) is 5.48. The molecule has 1 aromatic rings. The van der Waals surface area contributed by atoms with Gasteiger partial charge in [0.1, 0.15) is 4.60 Å². The second-order valence-corrected chi connectivity index (χ2v) is 6.12. The van der Waals surface area contributed by atoms with E-state index >= 15 is 0 Å². The molecule has 3 rings (SSSR count). The maximum absolute atomic E-state index is 12.4. The van der Waals surface area contributed by atoms with Crippen LogP contribution >= 0.6 is 15.9 Å². The van der Waals surface area contributed by atoms with Crippen LogP contribution in [-0.4, -0.2) is 52.9 Å². The quantitative estimate of drug-likeness (QED) is 0.743. The number of aromatic nitrogens is 1. The lowest BCUT2D eigenvalue weighted by Gasteiger charge is -2.44. The molecular formula is C14H18BrN3O. The number of halogens is 1. The number of fused-ring (bicyclic) bond motifs is 1. The van der Waals surface area contributed by atoms with Crippen LogP contribution in [0.3, 0.4) is 0 Å². The van der Waals surface area contributed by atoms with Crippen molar-refractivity contribution in [1.82, 2.24) is 14.8 Å². The van der Waals surface area contributed by atoms with Crippen LogP contribution < -0.4 is 0 Å². The SMILES string of the molecule is O=C(c1ccc(Br)nc1)N1CCN2CCCCC2C1. The highest BCUT2D eigenvalue weighted by atomic mass is 79.9. The van der Waals surface area contributed by atoms with E-state index in [1.165, 1.54) is 25.8 Å². The lowest BCUT2D eigenvalue weighted by atomic mass is 9.99. The first-order chi connectivity index (χ1) is 9.24. The van der Waals surface area contributed by atoms with Crippen LogP contribution in [0.25, 0.3) is 0 Å². The van der Waals surface area contributed by atoms with Crippen LogP contribution in [0, 0.1) is 0 Å². The number of rotatable bonds is 1. The number of piperazine rings is 1. The molecular weight excluding hydrogens is 306 g/mol. The maximum atomic E-state index is 12.4. The third-order valence-electron chi connectivity index (χ3n) is 4.10. The average molecular weight is 324 g/mol. The zero-order chi connectivity index (χ0) is 13.2. The minimum Gasteiger partial charge on any atom is -0.336 e. The molecule has 0 radical (unpaired) electrons. The molecule has 3 heterocycles. The molecule has 0 N–H and O–H groups in total. The Balaban J connectivity index is 1.69. The standard InChI is InChI=1S/C14H18BrN3O/c15-13-5-4-11(9-16-13)14(19)18-8-7-17-6-2-1-3-12(17)10-18/h4-5,9,12H,1-3,6-8,10H2. The Morgan fingerprint density at radius 1 is 1.26 bits per heavy atom. The van der Waals surface area contributed by atoms with Crippen molar-refractivity contribution in [3.8, 4) is 0 Å². The average Bonchev–Trinajstić information content (AvgIpc) is 2.47. The number of carbonyl (C=O) groups excluding carboxylic acids is 1. The monoisotopic (exact) mass is 323 g/mol. The molecule has 0 spiro atoms. The molecule has 2 aliphatic heterocycles. The predicted octanol–water partition coefficient (Wildman–Crippen LogP) is 2.15. The van der Waals surface area contributed by atoms with Crippen LogP contribution in [0.5, 0.6) is 0 Å². The number of carbonyl (C=O) groups is 1. The first-order valence-corrected chi connectivity index (χ1v) is 7.68. The number of amides is 1. The Labute approximate surface area is 121 Å². The fourth-order valence-electron chi connectivity index (χ4n) is 3.03. The lowest BCUT2D eigenvalue weighted by Crippen LogP contribution is -2.56. The molecule has 1 atom stereocenters. The zero-order valence-corrected chi connectivity index (χ0v) is 12.5. The summed E-state index contributed by atoms with van der Waals surface area (Å²) < 4.78 is 0.765. The maximum Gasteiger partial charge on any atom is 0.255 e. The fraction of sp³-hybridized carbons (Fsp3) is 0.571. The van der Waals surface area contributed by atoms with E-state index in [2.05, 4.69) is 25.8 Å². The second-order valence-electron chi connectivity index (χ2n) is 5.31. The van der Waals surface area contributed by atoms with Crippen LogP contribution in [0.1, 0.15) is 29.6 Å². The molecule has 0 saturated carbocycles. The van der Waals surface area contributed by atoms with Gasteiger partial charge in [0.15, 0.2) is 0 Å². The molecule has 2 saturated heterocycles. The van der Waals surface area contributed by atoms with Gasteiger partial charge in [0.05, 0.1) is 5.56 Å². The molecule has 5 heteroatoms. The van der Waals surface area contributed by atoms with E-state index in [9.17, 15) is 4.79 Å². The highest BCUT2D eigenvalue weighted by Crippen LogP contribution is 2.22. The minimum atomic E-state index is 0.116. The summed E-state index contributed by atoms with van der Waals surface area (Å²) >= 11 is 3.29. The van der Waals surface area contributed by atoms with Crippen LogP contribution in [0.4, 0.5) is 0 Å². The normalized spacial score (nSPS) is 24.1. The molecule has 1 aromatic heterocycles. The van der Waals surface area contributed by atoms with Crippen molar-refractivity contribution in [2.24, 2.45) is 0 Å². The zero-order valence-electron chi connectivity index (χ0n) is 10.9. The van der Waals surface area contributed by atoms with Gasteiger partial charge < -0.3 is 4.90 Å². The Morgan fingerprint density at radius 3 is 2.95 bits per heavy atom. The van der Waals surface area contributed by atoms with E-state index in [1.54, 1.807) is 6.20 Å². The number of hydrogen-bond donors (Lipinski definition) is 0. The van der Waals surface area contributed by atoms with Gasteiger partial charge in [0.25, 0.3) is 5.91 Å². The number of pyridine rings is 1. The second kappa shape index (κ2) is 5.59. The van der Waals surface area contributed by atoms with E-state index in [1.807, 2.05) is 17.0 Å². The molecule has 1 amide bonds. The molecule has 19 heavy (non-hydrogen) atoms. The third-order valence-corrected chi connectivity index (χ3v) is 4.57. The Kier molecular flexibility index (Phi) is 3.84. The van der Waals surface area contributed by atoms with Gasteiger partial charge in [-0.2, -0.15) is 0 Å². The van der Waals surface area contributed by atoms with Crippen LogP contribution in [-0.2, 0) is 0 Å². The molecule has 4 nitrogen and oxygen atoms in total. The molecule has 102 valence electrons. The van der Waals surface area contributed by atoms with Gasteiger partial charge in [-0.3, -0.25) is 9.69 Å². The fourth-order valence-corrected chi connectivity index (χ4v) is 3.26. The summed E-state index contributed by atoms with van der Waals surface area (Å²) in [6.45, 7) is 3.92. The van der Waals surface area contributed by atoms with E-state index in [-0.39, 0.29) is 5.91 Å². The first-order valence-electron chi connectivity index (χ1n) is 6.89. The summed E-state index contributed by atoms with van der Waals surface area (Å²) in [5.41, 5.74) is 0.687. The van der Waals surface area contributed by atoms with E-state index in [4.69, 9.17) is 0 Å². The molecule has 0 aliphatic carbocycles. The van der Waals surface area contributed by atoms with Crippen molar-refractivity contribution >= 4 is 21.8 Å². The van der Waals surface area contributed by atoms with Crippen molar-refractivity contribution < 1.29 is 4.79 Å². The lowest BCUT2D eigenvalue weighted by molar-refractivity contribution is 0.0372. The summed E-state index contributed by atoms with van der Waals surface area (Å²) in [7, 11) is 0. The Bertz CT molecular complexity index is 462. The predicted molar refractivity (Wildman–Crippen MR) is 77.1 cm³/mol. The number of hydrogen-bond acceptors (Lipinski definition) is 3. The number of piperidine rings is 1. The Morgan fingerprint density at radius 2 is 2.16 bits per heavy atom. The van der Waals surface area contributed by atoms with Crippen molar-refractivity contribution in [2.75, 3.05) is 26.2 Å². The van der Waals surface area contributed by atoms with Crippen molar-refractivity contribution in [2.45, 2.75) is 25.3 Å². The summed E-state index contributed by atoms with van der Waals surface area (Å²) in [5, 5.41) is 0. The van der Waals surface area contributed by atoms with Crippen molar-refractivity contribution in [3.63, 3.8) is 0 Å². The van der Waals surface area contributed by atoms with Gasteiger partial charge in [-0.25, -0.2) is 4.98 Å². The largest absolute Gasteiger partial charge is 0.336 e. The highest BCUT2D eigenvalue weighted by molar-refractivity contribution is 9.10. The molecule has 1 unspecified atom stereocenters. The van der Waals surface area contributed by atoms with Gasteiger partial charge in [-0.05, 0) is 47.4 Å². The molecule has 0 aromatic carbocycles. The number of nitrogens with zero attached hydrogens (tertiary/aromatic N) is 3.